The van der Waals surface area contributed by atoms with Crippen molar-refractivity contribution in [2.75, 3.05) is 13.2 Å². The number of carbonyl (C=O) groups excluding carboxylic acids is 2. The Morgan fingerprint density at radius 1 is 0.800 bits per heavy atom. The second-order valence-corrected chi connectivity index (χ2v) is 8.93. The summed E-state index contributed by atoms with van der Waals surface area (Å²) in [5.74, 6) is 2.80. The van der Waals surface area contributed by atoms with Crippen molar-refractivity contribution in [1.29, 1.82) is 0 Å². The summed E-state index contributed by atoms with van der Waals surface area (Å²) in [6.45, 7) is 5.28. The molecule has 3 saturated carbocycles. The van der Waals surface area contributed by atoms with Crippen LogP contribution >= 0.6 is 0 Å². The van der Waals surface area contributed by atoms with E-state index in [0.717, 1.165) is 24.7 Å². The Bertz CT molecular complexity index is 486. The molecule has 1 saturated heterocycles. The fourth-order valence-electron chi connectivity index (χ4n) is 4.95. The van der Waals surface area contributed by atoms with Gasteiger partial charge < -0.3 is 14.2 Å². The molecule has 0 amide bonds. The van der Waals surface area contributed by atoms with Gasteiger partial charge in [0, 0.05) is 0 Å². The molecule has 25 heavy (non-hydrogen) atoms. The van der Waals surface area contributed by atoms with Gasteiger partial charge >= 0.3 is 11.9 Å². The first-order chi connectivity index (χ1) is 12.0. The van der Waals surface area contributed by atoms with Gasteiger partial charge in [0.25, 0.3) is 0 Å². The van der Waals surface area contributed by atoms with E-state index >= 15 is 0 Å². The first-order valence-corrected chi connectivity index (χ1v) is 9.96. The number of fused-ring (bicyclic) bond motifs is 2. The SMILES string of the molecule is CC1CC2CC2CC1COC(=O)CC(=O)OCC1CC2OC2CC1C. The van der Waals surface area contributed by atoms with Crippen LogP contribution in [0.1, 0.15) is 52.4 Å². The maximum Gasteiger partial charge on any atom is 0.317 e. The van der Waals surface area contributed by atoms with E-state index < -0.39 is 11.9 Å². The van der Waals surface area contributed by atoms with Gasteiger partial charge in [-0.3, -0.25) is 9.59 Å². The Hall–Kier alpha value is -1.10. The van der Waals surface area contributed by atoms with Crippen LogP contribution in [-0.4, -0.2) is 37.4 Å². The molecule has 0 aromatic rings. The van der Waals surface area contributed by atoms with E-state index in [1.165, 1.54) is 19.3 Å². The molecular weight excluding hydrogens is 320 g/mol. The molecule has 0 aromatic heterocycles. The van der Waals surface area contributed by atoms with Crippen LogP contribution in [0.5, 0.6) is 0 Å². The molecule has 1 heterocycles. The number of epoxide rings is 1. The van der Waals surface area contributed by atoms with Gasteiger partial charge in [-0.15, -0.1) is 0 Å². The largest absolute Gasteiger partial charge is 0.465 e. The van der Waals surface area contributed by atoms with E-state index in [0.29, 0.717) is 49.1 Å². The predicted octanol–water partition coefficient (Wildman–Crippen LogP) is 2.96. The Balaban J connectivity index is 1.13. The van der Waals surface area contributed by atoms with Crippen molar-refractivity contribution >= 4 is 11.9 Å². The Morgan fingerprint density at radius 3 is 2.08 bits per heavy atom. The number of esters is 2. The van der Waals surface area contributed by atoms with Gasteiger partial charge in [0.2, 0.25) is 0 Å². The molecule has 0 radical (unpaired) electrons. The highest BCUT2D eigenvalue weighted by atomic mass is 16.6. The van der Waals surface area contributed by atoms with Crippen LogP contribution in [0.2, 0.25) is 0 Å². The fourth-order valence-corrected chi connectivity index (χ4v) is 4.95. The molecule has 0 spiro atoms. The minimum Gasteiger partial charge on any atom is -0.465 e. The van der Waals surface area contributed by atoms with E-state index in [9.17, 15) is 9.59 Å². The first-order valence-electron chi connectivity index (χ1n) is 9.96. The summed E-state index contributed by atoms with van der Waals surface area (Å²) in [6.07, 6.45) is 6.35. The van der Waals surface area contributed by atoms with Gasteiger partial charge in [-0.2, -0.15) is 0 Å². The third-order valence-electron chi connectivity index (χ3n) is 6.99. The lowest BCUT2D eigenvalue weighted by Gasteiger charge is -2.27. The molecule has 4 aliphatic rings. The van der Waals surface area contributed by atoms with Crippen molar-refractivity contribution in [1.82, 2.24) is 0 Å². The zero-order valence-electron chi connectivity index (χ0n) is 15.3. The lowest BCUT2D eigenvalue weighted by Crippen LogP contribution is -2.28. The normalized spacial score (nSPS) is 44.2. The summed E-state index contributed by atoms with van der Waals surface area (Å²) in [4.78, 5) is 23.8. The lowest BCUT2D eigenvalue weighted by atomic mass is 9.81. The highest BCUT2D eigenvalue weighted by Crippen LogP contribution is 2.53. The summed E-state index contributed by atoms with van der Waals surface area (Å²) < 4.78 is 16.2. The predicted molar refractivity (Wildman–Crippen MR) is 90.6 cm³/mol. The van der Waals surface area contributed by atoms with Crippen molar-refractivity contribution < 1.29 is 23.8 Å². The van der Waals surface area contributed by atoms with E-state index in [1.807, 2.05) is 0 Å². The molecule has 5 heteroatoms. The van der Waals surface area contributed by atoms with E-state index in [2.05, 4.69) is 13.8 Å². The molecule has 0 bridgehead atoms. The molecule has 0 aromatic carbocycles. The molecule has 140 valence electrons. The average molecular weight is 350 g/mol. The van der Waals surface area contributed by atoms with Gasteiger partial charge in [-0.05, 0) is 67.6 Å². The van der Waals surface area contributed by atoms with Crippen LogP contribution < -0.4 is 0 Å². The average Bonchev–Trinajstić information content (AvgIpc) is 3.45. The van der Waals surface area contributed by atoms with Gasteiger partial charge in [-0.1, -0.05) is 13.8 Å². The Labute approximate surface area is 149 Å². The van der Waals surface area contributed by atoms with E-state index in [4.69, 9.17) is 14.2 Å². The Morgan fingerprint density at radius 2 is 1.36 bits per heavy atom. The van der Waals surface area contributed by atoms with Crippen molar-refractivity contribution in [3.05, 3.63) is 0 Å². The first kappa shape index (κ1) is 17.3. The van der Waals surface area contributed by atoms with Crippen LogP contribution in [0.15, 0.2) is 0 Å². The van der Waals surface area contributed by atoms with Crippen LogP contribution in [0, 0.1) is 35.5 Å². The molecule has 8 unspecified atom stereocenters. The van der Waals surface area contributed by atoms with Gasteiger partial charge in [0.15, 0.2) is 0 Å². The summed E-state index contributed by atoms with van der Waals surface area (Å²) >= 11 is 0. The highest BCUT2D eigenvalue weighted by Gasteiger charge is 2.47. The number of carbonyl (C=O) groups is 2. The number of rotatable bonds is 6. The Kier molecular flexibility index (Phi) is 4.78. The smallest absolute Gasteiger partial charge is 0.317 e. The van der Waals surface area contributed by atoms with Crippen molar-refractivity contribution in [2.45, 2.75) is 64.6 Å². The summed E-state index contributed by atoms with van der Waals surface area (Å²) in [5, 5.41) is 0. The van der Waals surface area contributed by atoms with Gasteiger partial charge in [-0.25, -0.2) is 0 Å². The van der Waals surface area contributed by atoms with Crippen molar-refractivity contribution in [3.63, 3.8) is 0 Å². The number of hydrogen-bond acceptors (Lipinski definition) is 5. The molecule has 8 atom stereocenters. The van der Waals surface area contributed by atoms with Crippen LogP contribution in [0.4, 0.5) is 0 Å². The minimum atomic E-state index is -0.463. The molecule has 1 aliphatic heterocycles. The lowest BCUT2D eigenvalue weighted by molar-refractivity contribution is -0.156. The molecule has 4 rings (SSSR count). The second kappa shape index (κ2) is 6.90. The third-order valence-corrected chi connectivity index (χ3v) is 6.99. The maximum absolute atomic E-state index is 11.9. The molecule has 0 N–H and O–H groups in total. The monoisotopic (exact) mass is 350 g/mol. The molecule has 5 nitrogen and oxygen atoms in total. The summed E-state index contributed by atoms with van der Waals surface area (Å²) in [7, 11) is 0. The minimum absolute atomic E-state index is 0.267. The summed E-state index contributed by atoms with van der Waals surface area (Å²) in [6, 6.07) is 0. The molecular formula is C20H30O5. The third kappa shape index (κ3) is 4.18. The second-order valence-electron chi connectivity index (χ2n) is 8.93. The maximum atomic E-state index is 11.9. The topological polar surface area (TPSA) is 65.1 Å². The van der Waals surface area contributed by atoms with Gasteiger partial charge in [0.05, 0.1) is 25.4 Å². The number of hydrogen-bond donors (Lipinski definition) is 0. The summed E-state index contributed by atoms with van der Waals surface area (Å²) in [5.41, 5.74) is 0. The number of ether oxygens (including phenoxy) is 3. The quantitative estimate of drug-likeness (QED) is 0.419. The van der Waals surface area contributed by atoms with Crippen LogP contribution in [0.3, 0.4) is 0 Å². The van der Waals surface area contributed by atoms with E-state index in [1.54, 1.807) is 0 Å². The van der Waals surface area contributed by atoms with Gasteiger partial charge in [0.1, 0.15) is 6.42 Å². The van der Waals surface area contributed by atoms with Crippen molar-refractivity contribution in [3.8, 4) is 0 Å². The van der Waals surface area contributed by atoms with E-state index in [-0.39, 0.29) is 6.42 Å². The fraction of sp³-hybridized carbons (Fsp3) is 0.900. The van der Waals surface area contributed by atoms with Crippen molar-refractivity contribution in [2.24, 2.45) is 35.5 Å². The highest BCUT2D eigenvalue weighted by molar-refractivity contribution is 5.91. The molecule has 3 aliphatic carbocycles. The van der Waals surface area contributed by atoms with Crippen LogP contribution in [-0.2, 0) is 23.8 Å². The standard InChI is InChI=1S/C20H30O5/c1-11-3-13-5-14(13)6-15(11)9-23-19(21)8-20(22)24-10-16-7-18-17(25-18)4-12(16)2/h11-18H,3-10H2,1-2H3. The van der Waals surface area contributed by atoms with Crippen LogP contribution in [0.25, 0.3) is 0 Å². The zero-order valence-corrected chi connectivity index (χ0v) is 15.3. The molecule has 4 fully saturated rings. The zero-order chi connectivity index (χ0) is 17.6.